The molecule has 1 aliphatic rings. The van der Waals surface area contributed by atoms with Crippen LogP contribution in [0.5, 0.6) is 0 Å². The number of esters is 1. The number of hydrogen-bond donors (Lipinski definition) is 1. The van der Waals surface area contributed by atoms with Gasteiger partial charge in [-0.3, -0.25) is 4.90 Å². The summed E-state index contributed by atoms with van der Waals surface area (Å²) in [6, 6.07) is 5.34. The predicted molar refractivity (Wildman–Crippen MR) is 108 cm³/mol. The largest absolute Gasteiger partial charge is 0.460 e. The second kappa shape index (κ2) is 9.82. The van der Waals surface area contributed by atoms with Crippen LogP contribution in [0.3, 0.4) is 0 Å². The summed E-state index contributed by atoms with van der Waals surface area (Å²) >= 11 is 1.57. The van der Waals surface area contributed by atoms with Gasteiger partial charge in [-0.25, -0.2) is 18.4 Å². The topological polar surface area (TPSA) is 67.9 Å². The zero-order valence-electron chi connectivity index (χ0n) is 16.6. The van der Waals surface area contributed by atoms with Crippen LogP contribution in [0.2, 0.25) is 0 Å². The van der Waals surface area contributed by atoms with E-state index in [1.54, 1.807) is 18.3 Å². The average Bonchev–Trinajstić information content (AvgIpc) is 3.21. The minimum atomic E-state index is -1.09. The lowest BCUT2D eigenvalue weighted by atomic mass is 9.94. The fourth-order valence-corrected chi connectivity index (χ4v) is 3.95. The molecule has 1 unspecified atom stereocenters. The molecule has 1 N–H and O–H groups in total. The number of benzene rings is 1. The Morgan fingerprint density at radius 3 is 2.73 bits per heavy atom. The van der Waals surface area contributed by atoms with E-state index in [0.29, 0.717) is 24.7 Å². The highest BCUT2D eigenvalue weighted by molar-refractivity contribution is 7.09. The molecule has 0 saturated heterocycles. The van der Waals surface area contributed by atoms with Gasteiger partial charge in [0.1, 0.15) is 18.2 Å². The van der Waals surface area contributed by atoms with Crippen LogP contribution in [0, 0.1) is 11.6 Å². The first-order valence-electron chi connectivity index (χ1n) is 9.34. The molecular formula is C21H22F2N2O4S. The maximum atomic E-state index is 14.5. The monoisotopic (exact) mass is 436 g/mol. The van der Waals surface area contributed by atoms with Gasteiger partial charge in [0.2, 0.25) is 0 Å². The van der Waals surface area contributed by atoms with Crippen LogP contribution in [0.1, 0.15) is 23.4 Å². The number of urea groups is 1. The van der Waals surface area contributed by atoms with Crippen LogP contribution in [0.4, 0.5) is 13.6 Å². The highest BCUT2D eigenvalue weighted by Crippen LogP contribution is 2.33. The Hall–Kier alpha value is -2.78. The molecule has 1 aliphatic heterocycles. The van der Waals surface area contributed by atoms with Crippen molar-refractivity contribution in [2.24, 2.45) is 0 Å². The Kier molecular flexibility index (Phi) is 7.17. The number of thiophene rings is 1. The molecule has 160 valence electrons. The fourth-order valence-electron chi connectivity index (χ4n) is 3.26. The first-order chi connectivity index (χ1) is 14.4. The van der Waals surface area contributed by atoms with Gasteiger partial charge in [-0.1, -0.05) is 12.1 Å². The molecule has 0 saturated carbocycles. The van der Waals surface area contributed by atoms with E-state index in [9.17, 15) is 18.4 Å². The number of methoxy groups -OCH3 is 1. The van der Waals surface area contributed by atoms with Gasteiger partial charge in [-0.05, 0) is 30.9 Å². The van der Waals surface area contributed by atoms with E-state index in [0.717, 1.165) is 10.9 Å². The lowest BCUT2D eigenvalue weighted by molar-refractivity contribution is -0.140. The normalized spacial score (nSPS) is 16.6. The summed E-state index contributed by atoms with van der Waals surface area (Å²) in [5.74, 6) is -2.30. The third-order valence-electron chi connectivity index (χ3n) is 4.77. The Morgan fingerprint density at radius 1 is 1.27 bits per heavy atom. The first kappa shape index (κ1) is 21.9. The smallest absolute Gasteiger partial charge is 0.338 e. The van der Waals surface area contributed by atoms with E-state index in [2.05, 4.69) is 5.32 Å². The highest BCUT2D eigenvalue weighted by atomic mass is 32.1. The van der Waals surface area contributed by atoms with E-state index < -0.39 is 29.7 Å². The molecule has 6 nitrogen and oxygen atoms in total. The molecule has 3 rings (SSSR count). The van der Waals surface area contributed by atoms with Crippen molar-refractivity contribution in [2.75, 3.05) is 26.9 Å². The molecule has 2 amide bonds. The summed E-state index contributed by atoms with van der Waals surface area (Å²) in [5, 5.41) is 4.61. The number of carbonyl (C=O) groups is 2. The summed E-state index contributed by atoms with van der Waals surface area (Å²) in [4.78, 5) is 28.1. The van der Waals surface area contributed by atoms with Crippen LogP contribution >= 0.6 is 11.3 Å². The SMILES string of the molecule is COCCOC(=O)C1=C(C)N(CCc2cccs2)C(=O)NC1c1ccc(F)cc1F. The maximum absolute atomic E-state index is 14.5. The summed E-state index contributed by atoms with van der Waals surface area (Å²) in [6.45, 7) is 2.16. The highest BCUT2D eigenvalue weighted by Gasteiger charge is 2.37. The van der Waals surface area contributed by atoms with Gasteiger partial charge >= 0.3 is 12.0 Å². The number of rotatable bonds is 8. The molecule has 1 aromatic heterocycles. The summed E-state index contributed by atoms with van der Waals surface area (Å²) in [7, 11) is 1.47. The summed E-state index contributed by atoms with van der Waals surface area (Å²) < 4.78 is 38.0. The van der Waals surface area contributed by atoms with Crippen LogP contribution in [0.15, 0.2) is 47.0 Å². The Bertz CT molecular complexity index is 946. The number of allylic oxidation sites excluding steroid dienone is 1. The summed E-state index contributed by atoms with van der Waals surface area (Å²) in [5.41, 5.74) is 0.453. The average molecular weight is 436 g/mol. The van der Waals surface area contributed by atoms with Crippen molar-refractivity contribution in [3.8, 4) is 0 Å². The van der Waals surface area contributed by atoms with Crippen molar-refractivity contribution < 1.29 is 27.8 Å². The fraction of sp³-hybridized carbons (Fsp3) is 0.333. The quantitative estimate of drug-likeness (QED) is 0.505. The third-order valence-corrected chi connectivity index (χ3v) is 5.71. The van der Waals surface area contributed by atoms with Gasteiger partial charge in [0.15, 0.2) is 0 Å². The second-order valence-electron chi connectivity index (χ2n) is 6.66. The van der Waals surface area contributed by atoms with Crippen LogP contribution in [-0.4, -0.2) is 43.8 Å². The predicted octanol–water partition coefficient (Wildman–Crippen LogP) is 3.80. The molecule has 30 heavy (non-hydrogen) atoms. The number of halogens is 2. The van der Waals surface area contributed by atoms with E-state index in [1.807, 2.05) is 17.5 Å². The van der Waals surface area contributed by atoms with Crippen molar-refractivity contribution in [3.63, 3.8) is 0 Å². The Balaban J connectivity index is 1.95. The van der Waals surface area contributed by atoms with E-state index >= 15 is 0 Å². The molecular weight excluding hydrogens is 414 g/mol. The standard InChI is InChI=1S/C21H22F2N2O4S/c1-13-18(20(26)29-10-9-28-2)19(16-6-5-14(22)12-17(16)23)24-21(27)25(13)8-7-15-4-3-11-30-15/h3-6,11-12,19H,7-10H2,1-2H3,(H,24,27). The Morgan fingerprint density at radius 2 is 2.07 bits per heavy atom. The Labute approximate surface area is 177 Å². The number of amides is 2. The molecule has 2 heterocycles. The lowest BCUT2D eigenvalue weighted by Crippen LogP contribution is -2.48. The molecule has 2 aromatic rings. The van der Waals surface area contributed by atoms with Gasteiger partial charge in [-0.2, -0.15) is 0 Å². The van der Waals surface area contributed by atoms with Gasteiger partial charge in [0.25, 0.3) is 0 Å². The first-order valence-corrected chi connectivity index (χ1v) is 10.2. The van der Waals surface area contributed by atoms with Crippen LogP contribution in [0.25, 0.3) is 0 Å². The molecule has 1 aromatic carbocycles. The zero-order valence-corrected chi connectivity index (χ0v) is 17.4. The molecule has 0 bridgehead atoms. The van der Waals surface area contributed by atoms with Gasteiger partial charge in [-0.15, -0.1) is 11.3 Å². The molecule has 0 fully saturated rings. The number of nitrogens with zero attached hydrogens (tertiary/aromatic N) is 1. The van der Waals surface area contributed by atoms with E-state index in [-0.39, 0.29) is 24.4 Å². The summed E-state index contributed by atoms with van der Waals surface area (Å²) in [6.07, 6.45) is 0.601. The van der Waals surface area contributed by atoms with Crippen molar-refractivity contribution in [2.45, 2.75) is 19.4 Å². The molecule has 0 aliphatic carbocycles. The number of ether oxygens (including phenoxy) is 2. The molecule has 0 spiro atoms. The molecule has 9 heteroatoms. The minimum absolute atomic E-state index is 0.00781. The lowest BCUT2D eigenvalue weighted by Gasteiger charge is -2.35. The number of carbonyl (C=O) groups excluding carboxylic acids is 2. The van der Waals surface area contributed by atoms with Crippen molar-refractivity contribution in [1.82, 2.24) is 10.2 Å². The second-order valence-corrected chi connectivity index (χ2v) is 7.69. The third kappa shape index (κ3) is 4.85. The van der Waals surface area contributed by atoms with Crippen molar-refractivity contribution in [3.05, 3.63) is 69.1 Å². The maximum Gasteiger partial charge on any atom is 0.338 e. The molecule has 0 radical (unpaired) electrons. The van der Waals surface area contributed by atoms with Gasteiger partial charge in [0.05, 0.1) is 18.2 Å². The molecule has 1 atom stereocenters. The zero-order chi connectivity index (χ0) is 21.7. The van der Waals surface area contributed by atoms with Gasteiger partial charge in [0, 0.05) is 35.9 Å². The minimum Gasteiger partial charge on any atom is -0.460 e. The van der Waals surface area contributed by atoms with Crippen LogP contribution in [-0.2, 0) is 20.7 Å². The van der Waals surface area contributed by atoms with E-state index in [4.69, 9.17) is 9.47 Å². The number of nitrogens with one attached hydrogen (secondary N) is 1. The van der Waals surface area contributed by atoms with Crippen molar-refractivity contribution >= 4 is 23.3 Å². The van der Waals surface area contributed by atoms with Crippen LogP contribution < -0.4 is 5.32 Å². The number of hydrogen-bond acceptors (Lipinski definition) is 5. The van der Waals surface area contributed by atoms with Crippen molar-refractivity contribution in [1.29, 1.82) is 0 Å². The van der Waals surface area contributed by atoms with Gasteiger partial charge < -0.3 is 14.8 Å². The van der Waals surface area contributed by atoms with E-state index in [1.165, 1.54) is 18.1 Å².